The first-order chi connectivity index (χ1) is 6.11. The number of aliphatic hydroxyl groups excluding tert-OH is 1. The Morgan fingerprint density at radius 2 is 2.46 bits per heavy atom. The van der Waals surface area contributed by atoms with Crippen molar-refractivity contribution in [1.29, 1.82) is 0 Å². The normalized spacial score (nSPS) is 15.2. The molecule has 2 unspecified atom stereocenters. The lowest BCUT2D eigenvalue weighted by Gasteiger charge is -2.14. The smallest absolute Gasteiger partial charge is 0.305 e. The van der Waals surface area contributed by atoms with Gasteiger partial charge in [-0.05, 0) is 0 Å². The van der Waals surface area contributed by atoms with Crippen molar-refractivity contribution in [1.82, 2.24) is 4.98 Å². The van der Waals surface area contributed by atoms with Gasteiger partial charge in [-0.1, -0.05) is 0 Å². The molecule has 1 aromatic rings. The number of nitrogens with zero attached hydrogens (tertiary/aromatic N) is 1. The number of nitrogens with two attached hydrogens (primary N) is 1. The molecule has 0 saturated heterocycles. The molecule has 1 heterocycles. The van der Waals surface area contributed by atoms with E-state index in [9.17, 15) is 9.90 Å². The van der Waals surface area contributed by atoms with Gasteiger partial charge in [0.1, 0.15) is 6.10 Å². The molecule has 0 radical (unpaired) electrons. The van der Waals surface area contributed by atoms with Gasteiger partial charge in [0.05, 0.1) is 16.8 Å². The van der Waals surface area contributed by atoms with E-state index in [-0.39, 0.29) is 6.42 Å². The Morgan fingerprint density at radius 3 is 2.92 bits per heavy atom. The second-order valence-electron chi connectivity index (χ2n) is 2.61. The van der Waals surface area contributed by atoms with Gasteiger partial charge in [-0.3, -0.25) is 9.78 Å². The molecule has 0 spiro atoms. The molecule has 0 saturated carbocycles. The lowest BCUT2D eigenvalue weighted by Crippen LogP contribution is -2.30. The number of carboxylic acids is 1. The zero-order valence-corrected chi connectivity index (χ0v) is 7.57. The summed E-state index contributed by atoms with van der Waals surface area (Å²) in [6.45, 7) is 0. The number of hydrogen-bond acceptors (Lipinski definition) is 5. The minimum absolute atomic E-state index is 0.251. The molecule has 2 atom stereocenters. The molecule has 0 fully saturated rings. The highest BCUT2D eigenvalue weighted by Crippen LogP contribution is 2.20. The first-order valence-corrected chi connectivity index (χ1v) is 4.53. The molecule has 0 aliphatic rings. The number of aliphatic hydroxyl groups is 1. The van der Waals surface area contributed by atoms with E-state index in [0.717, 1.165) is 0 Å². The minimum Gasteiger partial charge on any atom is -0.481 e. The fraction of sp³-hybridized carbons (Fsp3) is 0.429. The van der Waals surface area contributed by atoms with Crippen molar-refractivity contribution >= 4 is 17.3 Å². The number of rotatable bonds is 4. The van der Waals surface area contributed by atoms with Crippen LogP contribution >= 0.6 is 11.3 Å². The predicted octanol–water partition coefficient (Wildman–Crippen LogP) is -0.0215. The Kier molecular flexibility index (Phi) is 3.35. The molecule has 0 aliphatic carbocycles. The Labute approximate surface area is 78.8 Å². The minimum atomic E-state index is -1.02. The van der Waals surface area contributed by atoms with Crippen molar-refractivity contribution in [3.63, 3.8) is 0 Å². The zero-order chi connectivity index (χ0) is 9.84. The average Bonchev–Trinajstić information content (AvgIpc) is 2.53. The van der Waals surface area contributed by atoms with Crippen LogP contribution in [-0.2, 0) is 4.79 Å². The van der Waals surface area contributed by atoms with Crippen LogP contribution < -0.4 is 5.73 Å². The largest absolute Gasteiger partial charge is 0.481 e. The van der Waals surface area contributed by atoms with Crippen molar-refractivity contribution < 1.29 is 15.0 Å². The standard InChI is InChI=1S/C7H10N2O3S/c8-4(1-6(10)11)7(12)5-2-9-3-13-5/h2-4,7,12H,1,8H2,(H,10,11). The van der Waals surface area contributed by atoms with Gasteiger partial charge in [0, 0.05) is 12.2 Å². The van der Waals surface area contributed by atoms with E-state index >= 15 is 0 Å². The van der Waals surface area contributed by atoms with Crippen LogP contribution in [0.4, 0.5) is 0 Å². The molecule has 4 N–H and O–H groups in total. The van der Waals surface area contributed by atoms with Crippen LogP contribution in [0.2, 0.25) is 0 Å². The summed E-state index contributed by atoms with van der Waals surface area (Å²) in [6, 6.07) is -0.780. The second-order valence-corrected chi connectivity index (χ2v) is 3.53. The molecule has 5 nitrogen and oxygen atoms in total. The fourth-order valence-corrected chi connectivity index (χ4v) is 1.58. The Bertz CT molecular complexity index is 275. The molecule has 0 bridgehead atoms. The topological polar surface area (TPSA) is 96.4 Å². The van der Waals surface area contributed by atoms with E-state index in [0.29, 0.717) is 4.88 Å². The van der Waals surface area contributed by atoms with Crippen LogP contribution in [0, 0.1) is 0 Å². The summed E-state index contributed by atoms with van der Waals surface area (Å²) in [6.07, 6.45) is 0.291. The van der Waals surface area contributed by atoms with Crippen LogP contribution in [0.3, 0.4) is 0 Å². The van der Waals surface area contributed by atoms with Gasteiger partial charge in [-0.25, -0.2) is 0 Å². The average molecular weight is 202 g/mol. The van der Waals surface area contributed by atoms with Crippen LogP contribution in [0.25, 0.3) is 0 Å². The number of aliphatic carboxylic acids is 1. The number of aromatic nitrogens is 1. The first kappa shape index (κ1) is 10.1. The summed E-state index contributed by atoms with van der Waals surface area (Å²) in [7, 11) is 0. The van der Waals surface area contributed by atoms with Gasteiger partial charge in [0.15, 0.2) is 0 Å². The van der Waals surface area contributed by atoms with Gasteiger partial charge < -0.3 is 15.9 Å². The van der Waals surface area contributed by atoms with E-state index in [1.54, 1.807) is 5.51 Å². The molecule has 72 valence electrons. The van der Waals surface area contributed by atoms with Crippen LogP contribution in [0.1, 0.15) is 17.4 Å². The monoisotopic (exact) mass is 202 g/mol. The summed E-state index contributed by atoms with van der Waals surface area (Å²) in [5.74, 6) is -1.02. The highest BCUT2D eigenvalue weighted by atomic mass is 32.1. The summed E-state index contributed by atoms with van der Waals surface area (Å²) in [4.78, 5) is 14.6. The Balaban J connectivity index is 2.57. The third-order valence-electron chi connectivity index (χ3n) is 1.56. The molecular formula is C7H10N2O3S. The zero-order valence-electron chi connectivity index (χ0n) is 6.75. The molecule has 0 amide bonds. The Morgan fingerprint density at radius 1 is 1.77 bits per heavy atom. The van der Waals surface area contributed by atoms with Crippen molar-refractivity contribution in [2.24, 2.45) is 5.73 Å². The first-order valence-electron chi connectivity index (χ1n) is 3.65. The molecule has 0 aromatic carbocycles. The number of carbonyl (C=O) groups is 1. The molecule has 13 heavy (non-hydrogen) atoms. The highest BCUT2D eigenvalue weighted by Gasteiger charge is 2.20. The van der Waals surface area contributed by atoms with Crippen molar-refractivity contribution in [2.45, 2.75) is 18.6 Å². The van der Waals surface area contributed by atoms with Crippen LogP contribution in [0.15, 0.2) is 11.7 Å². The van der Waals surface area contributed by atoms with Gasteiger partial charge in [0.2, 0.25) is 0 Å². The van der Waals surface area contributed by atoms with Crippen LogP contribution in [0.5, 0.6) is 0 Å². The van der Waals surface area contributed by atoms with E-state index in [1.165, 1.54) is 17.5 Å². The van der Waals surface area contributed by atoms with Gasteiger partial charge in [0.25, 0.3) is 0 Å². The second kappa shape index (κ2) is 4.31. The third kappa shape index (κ3) is 2.76. The highest BCUT2D eigenvalue weighted by molar-refractivity contribution is 7.09. The maximum atomic E-state index is 10.3. The van der Waals surface area contributed by atoms with E-state index in [1.807, 2.05) is 0 Å². The summed E-state index contributed by atoms with van der Waals surface area (Å²) < 4.78 is 0. The third-order valence-corrected chi connectivity index (χ3v) is 2.40. The van der Waals surface area contributed by atoms with Crippen LogP contribution in [-0.4, -0.2) is 27.2 Å². The fourth-order valence-electron chi connectivity index (χ4n) is 0.896. The lowest BCUT2D eigenvalue weighted by atomic mass is 10.1. The van der Waals surface area contributed by atoms with Gasteiger partial charge in [-0.15, -0.1) is 11.3 Å². The number of thiazole rings is 1. The quantitative estimate of drug-likeness (QED) is 0.637. The predicted molar refractivity (Wildman–Crippen MR) is 47.3 cm³/mol. The molecule has 1 aromatic heterocycles. The summed E-state index contributed by atoms with van der Waals surface area (Å²) >= 11 is 1.25. The SMILES string of the molecule is NC(CC(=O)O)C(O)c1cncs1. The number of carboxylic acid groups (broad SMARTS) is 1. The van der Waals surface area contributed by atoms with E-state index in [2.05, 4.69) is 4.98 Å². The van der Waals surface area contributed by atoms with Gasteiger partial charge in [-0.2, -0.15) is 0 Å². The summed E-state index contributed by atoms with van der Waals surface area (Å²) in [5.41, 5.74) is 7.02. The molecular weight excluding hydrogens is 192 g/mol. The van der Waals surface area contributed by atoms with E-state index in [4.69, 9.17) is 10.8 Å². The van der Waals surface area contributed by atoms with Crippen molar-refractivity contribution in [3.05, 3.63) is 16.6 Å². The summed E-state index contributed by atoms with van der Waals surface area (Å²) in [5, 5.41) is 17.9. The number of hydrogen-bond donors (Lipinski definition) is 3. The Hall–Kier alpha value is -0.980. The van der Waals surface area contributed by atoms with Crippen molar-refractivity contribution in [2.75, 3.05) is 0 Å². The maximum absolute atomic E-state index is 10.3. The molecule has 0 aliphatic heterocycles. The van der Waals surface area contributed by atoms with Crippen molar-refractivity contribution in [3.8, 4) is 0 Å². The maximum Gasteiger partial charge on any atom is 0.305 e. The molecule has 1 rings (SSSR count). The lowest BCUT2D eigenvalue weighted by molar-refractivity contribution is -0.138. The van der Waals surface area contributed by atoms with Gasteiger partial charge >= 0.3 is 5.97 Å². The molecule has 6 heteroatoms. The van der Waals surface area contributed by atoms with E-state index < -0.39 is 18.1 Å².